The van der Waals surface area contributed by atoms with Crippen molar-refractivity contribution in [2.24, 2.45) is 0 Å². The summed E-state index contributed by atoms with van der Waals surface area (Å²) in [5.74, 6) is 0.589. The molecule has 1 aromatic heterocycles. The van der Waals surface area contributed by atoms with Gasteiger partial charge in [-0.25, -0.2) is 4.98 Å². The van der Waals surface area contributed by atoms with Crippen molar-refractivity contribution in [3.63, 3.8) is 0 Å². The van der Waals surface area contributed by atoms with Crippen LogP contribution in [0.4, 0.5) is 0 Å². The SMILES string of the molecule is C[C@H](Cn1ccnc1)NC(=O)c1cccc(OC[C@@H]2CCCO2)c1. The van der Waals surface area contributed by atoms with Gasteiger partial charge < -0.3 is 19.4 Å². The molecule has 0 spiro atoms. The summed E-state index contributed by atoms with van der Waals surface area (Å²) in [6.07, 6.45) is 7.63. The van der Waals surface area contributed by atoms with Gasteiger partial charge in [0, 0.05) is 37.2 Å². The fourth-order valence-corrected chi connectivity index (χ4v) is 2.76. The van der Waals surface area contributed by atoms with Crippen LogP contribution in [0, 0.1) is 0 Å². The van der Waals surface area contributed by atoms with E-state index in [0.717, 1.165) is 19.4 Å². The second-order valence-electron chi connectivity index (χ2n) is 6.11. The van der Waals surface area contributed by atoms with E-state index in [9.17, 15) is 4.79 Å². The van der Waals surface area contributed by atoms with Gasteiger partial charge in [-0.05, 0) is 38.0 Å². The minimum atomic E-state index is -0.106. The maximum atomic E-state index is 12.4. The molecule has 0 aliphatic carbocycles. The van der Waals surface area contributed by atoms with Crippen LogP contribution in [0.3, 0.4) is 0 Å². The van der Waals surface area contributed by atoms with E-state index in [1.165, 1.54) is 0 Å². The summed E-state index contributed by atoms with van der Waals surface area (Å²) in [5.41, 5.74) is 0.595. The summed E-state index contributed by atoms with van der Waals surface area (Å²) in [4.78, 5) is 16.4. The Bertz CT molecular complexity index is 651. The lowest BCUT2D eigenvalue weighted by Crippen LogP contribution is -2.35. The third-order valence-corrected chi connectivity index (χ3v) is 3.98. The molecule has 1 saturated heterocycles. The second kappa shape index (κ2) is 7.97. The number of nitrogens with one attached hydrogen (secondary N) is 1. The van der Waals surface area contributed by atoms with Crippen molar-refractivity contribution < 1.29 is 14.3 Å². The minimum absolute atomic E-state index is 0.00293. The smallest absolute Gasteiger partial charge is 0.251 e. The minimum Gasteiger partial charge on any atom is -0.491 e. The molecule has 1 fully saturated rings. The standard InChI is InChI=1S/C18H23N3O3/c1-14(11-21-8-7-19-13-21)20-18(22)15-4-2-5-16(10-15)24-12-17-6-3-9-23-17/h2,4-5,7-8,10,13-14,17H,3,6,9,11-12H2,1H3,(H,20,22)/t14-,17+/m1/s1. The van der Waals surface area contributed by atoms with E-state index in [4.69, 9.17) is 9.47 Å². The van der Waals surface area contributed by atoms with Crippen molar-refractivity contribution in [2.45, 2.75) is 38.5 Å². The zero-order valence-electron chi connectivity index (χ0n) is 13.9. The molecular weight excluding hydrogens is 306 g/mol. The van der Waals surface area contributed by atoms with Crippen LogP contribution >= 0.6 is 0 Å². The van der Waals surface area contributed by atoms with E-state index in [1.54, 1.807) is 24.7 Å². The van der Waals surface area contributed by atoms with Gasteiger partial charge in [0.1, 0.15) is 12.4 Å². The quantitative estimate of drug-likeness (QED) is 0.846. The van der Waals surface area contributed by atoms with Gasteiger partial charge in [0.05, 0.1) is 12.4 Å². The summed E-state index contributed by atoms with van der Waals surface area (Å²) in [6, 6.07) is 7.26. The molecule has 0 saturated carbocycles. The Labute approximate surface area is 141 Å². The molecule has 0 unspecified atom stereocenters. The number of imidazole rings is 1. The van der Waals surface area contributed by atoms with Crippen LogP contribution in [0.5, 0.6) is 5.75 Å². The van der Waals surface area contributed by atoms with Crippen molar-refractivity contribution in [1.29, 1.82) is 0 Å². The maximum absolute atomic E-state index is 12.4. The first-order chi connectivity index (χ1) is 11.7. The molecule has 2 aromatic rings. The van der Waals surface area contributed by atoms with Crippen molar-refractivity contribution in [2.75, 3.05) is 13.2 Å². The van der Waals surface area contributed by atoms with Crippen LogP contribution < -0.4 is 10.1 Å². The van der Waals surface area contributed by atoms with Crippen LogP contribution in [0.1, 0.15) is 30.1 Å². The summed E-state index contributed by atoms with van der Waals surface area (Å²) in [5, 5.41) is 2.99. The molecule has 0 radical (unpaired) electrons. The molecule has 1 aliphatic heterocycles. The maximum Gasteiger partial charge on any atom is 0.251 e. The Balaban J connectivity index is 1.53. The van der Waals surface area contributed by atoms with Crippen molar-refractivity contribution in [3.05, 3.63) is 48.5 Å². The van der Waals surface area contributed by atoms with Gasteiger partial charge in [-0.1, -0.05) is 6.07 Å². The number of aromatic nitrogens is 2. The molecule has 3 rings (SSSR count). The van der Waals surface area contributed by atoms with E-state index in [2.05, 4.69) is 10.3 Å². The number of nitrogens with zero attached hydrogens (tertiary/aromatic N) is 2. The van der Waals surface area contributed by atoms with Crippen LogP contribution in [-0.4, -0.2) is 40.8 Å². The first-order valence-electron chi connectivity index (χ1n) is 8.32. The fraction of sp³-hybridized carbons (Fsp3) is 0.444. The molecule has 1 aromatic carbocycles. The Morgan fingerprint density at radius 2 is 2.46 bits per heavy atom. The summed E-state index contributed by atoms with van der Waals surface area (Å²) >= 11 is 0. The van der Waals surface area contributed by atoms with Gasteiger partial charge in [0.15, 0.2) is 0 Å². The molecule has 1 amide bonds. The van der Waals surface area contributed by atoms with E-state index in [0.29, 0.717) is 24.5 Å². The van der Waals surface area contributed by atoms with Gasteiger partial charge >= 0.3 is 0 Å². The molecule has 6 heteroatoms. The van der Waals surface area contributed by atoms with E-state index >= 15 is 0 Å². The molecule has 1 N–H and O–H groups in total. The Morgan fingerprint density at radius 3 is 3.21 bits per heavy atom. The Kier molecular flexibility index (Phi) is 5.48. The van der Waals surface area contributed by atoms with Gasteiger partial charge in [-0.3, -0.25) is 4.79 Å². The molecule has 1 aliphatic rings. The van der Waals surface area contributed by atoms with E-state index in [1.807, 2.05) is 29.8 Å². The average Bonchev–Trinajstić information content (AvgIpc) is 3.26. The average molecular weight is 329 g/mol. The highest BCUT2D eigenvalue weighted by Gasteiger charge is 2.16. The summed E-state index contributed by atoms with van der Waals surface area (Å²) in [7, 11) is 0. The van der Waals surface area contributed by atoms with Gasteiger partial charge in [0.25, 0.3) is 5.91 Å². The third kappa shape index (κ3) is 4.58. The third-order valence-electron chi connectivity index (χ3n) is 3.98. The fourth-order valence-electron chi connectivity index (χ4n) is 2.76. The molecule has 0 bridgehead atoms. The normalized spacial score (nSPS) is 18.3. The largest absolute Gasteiger partial charge is 0.491 e. The highest BCUT2D eigenvalue weighted by Crippen LogP contribution is 2.17. The van der Waals surface area contributed by atoms with Crippen LogP contribution in [0.2, 0.25) is 0 Å². The van der Waals surface area contributed by atoms with Crippen LogP contribution in [-0.2, 0) is 11.3 Å². The number of hydrogen-bond donors (Lipinski definition) is 1. The zero-order chi connectivity index (χ0) is 16.8. The lowest BCUT2D eigenvalue weighted by molar-refractivity contribution is 0.0679. The first kappa shape index (κ1) is 16.5. The Morgan fingerprint density at radius 1 is 1.54 bits per heavy atom. The van der Waals surface area contributed by atoms with E-state index in [-0.39, 0.29) is 18.1 Å². The van der Waals surface area contributed by atoms with Gasteiger partial charge in [0.2, 0.25) is 0 Å². The molecule has 2 heterocycles. The highest BCUT2D eigenvalue weighted by atomic mass is 16.5. The number of carbonyl (C=O) groups is 1. The number of amides is 1. The lowest BCUT2D eigenvalue weighted by atomic mass is 10.2. The zero-order valence-corrected chi connectivity index (χ0v) is 13.9. The monoisotopic (exact) mass is 329 g/mol. The number of rotatable bonds is 7. The lowest BCUT2D eigenvalue weighted by Gasteiger charge is -2.15. The molecule has 24 heavy (non-hydrogen) atoms. The number of benzene rings is 1. The predicted molar refractivity (Wildman–Crippen MR) is 90.1 cm³/mol. The van der Waals surface area contributed by atoms with Crippen molar-refractivity contribution in [3.8, 4) is 5.75 Å². The molecule has 2 atom stereocenters. The first-order valence-corrected chi connectivity index (χ1v) is 8.32. The van der Waals surface area contributed by atoms with Crippen LogP contribution in [0.25, 0.3) is 0 Å². The van der Waals surface area contributed by atoms with Gasteiger partial charge in [-0.15, -0.1) is 0 Å². The highest BCUT2D eigenvalue weighted by molar-refractivity contribution is 5.94. The molecule has 128 valence electrons. The van der Waals surface area contributed by atoms with Crippen LogP contribution in [0.15, 0.2) is 43.0 Å². The van der Waals surface area contributed by atoms with Crippen molar-refractivity contribution in [1.82, 2.24) is 14.9 Å². The van der Waals surface area contributed by atoms with Gasteiger partial charge in [-0.2, -0.15) is 0 Å². The number of ether oxygens (including phenoxy) is 2. The topological polar surface area (TPSA) is 65.4 Å². The Hall–Kier alpha value is -2.34. The predicted octanol–water partition coefficient (Wildman–Crippen LogP) is 2.26. The second-order valence-corrected chi connectivity index (χ2v) is 6.11. The summed E-state index contributed by atoms with van der Waals surface area (Å²) < 4.78 is 13.2. The van der Waals surface area contributed by atoms with E-state index < -0.39 is 0 Å². The number of carbonyl (C=O) groups excluding carboxylic acids is 1. The summed E-state index contributed by atoms with van der Waals surface area (Å²) in [6.45, 7) is 3.99. The number of hydrogen-bond acceptors (Lipinski definition) is 4. The molecule has 6 nitrogen and oxygen atoms in total. The van der Waals surface area contributed by atoms with Crippen molar-refractivity contribution >= 4 is 5.91 Å². The molecular formula is C18H23N3O3.